The van der Waals surface area contributed by atoms with Gasteiger partial charge in [0.05, 0.1) is 31.2 Å². The normalized spacial score (nSPS) is 50.5. The molecule has 3 unspecified atom stereocenters. The van der Waals surface area contributed by atoms with Gasteiger partial charge in [-0.25, -0.2) is 0 Å². The van der Waals surface area contributed by atoms with E-state index in [1.165, 1.54) is 25.0 Å². The van der Waals surface area contributed by atoms with Gasteiger partial charge in [0.25, 0.3) is 0 Å². The van der Waals surface area contributed by atoms with Crippen molar-refractivity contribution in [3.05, 3.63) is 11.8 Å². The second-order valence-electron chi connectivity index (χ2n) is 12.3. The minimum atomic E-state index is -0.223. The lowest BCUT2D eigenvalue weighted by molar-refractivity contribution is -0.178. The minimum Gasteiger partial charge on any atom is -0.499 e. The molecule has 182 valence electrons. The van der Waals surface area contributed by atoms with Crippen LogP contribution in [0.1, 0.15) is 59.3 Å². The fraction of sp³-hybridized carbons (Fsp3) is 0.926. The van der Waals surface area contributed by atoms with Crippen molar-refractivity contribution >= 4 is 0 Å². The molecule has 0 radical (unpaired) electrons. The van der Waals surface area contributed by atoms with Crippen LogP contribution in [0.3, 0.4) is 0 Å². The van der Waals surface area contributed by atoms with Crippen molar-refractivity contribution < 1.29 is 19.3 Å². The van der Waals surface area contributed by atoms with Gasteiger partial charge in [-0.05, 0) is 106 Å². The zero-order valence-corrected chi connectivity index (χ0v) is 20.9. The Bertz CT molecular complexity index is 718. The third-order valence-electron chi connectivity index (χ3n) is 10.4. The quantitative estimate of drug-likeness (QED) is 0.681. The summed E-state index contributed by atoms with van der Waals surface area (Å²) in [4.78, 5) is 2.37. The highest BCUT2D eigenvalue weighted by atomic mass is 16.7. The standard InChI is InChI=1S/C27H45NO4/c1-6-31-18-9-10-26(2)22(12-18)17(14-28(4)5)11-19-20-7-8-21(24-15-30-16-32-24)27(20,3)13-23(29)25(19)26/h12,17,19-25,29H,6-11,13-16H2,1-5H3/t17?,19-,20-,21?,22-,23-,24?,25+,26-,27-/m0/s1. The predicted molar refractivity (Wildman–Crippen MR) is 125 cm³/mol. The second kappa shape index (κ2) is 8.55. The smallest absolute Gasteiger partial charge is 0.147 e. The SMILES string of the molecule is CCOC1=C[C@H]2C(CN(C)C)C[C@@H]3[C@H]([C@@H](O)C[C@]4(C)C(C5COCO5)CC[C@@H]34)[C@@]2(C)CC1. The summed E-state index contributed by atoms with van der Waals surface area (Å²) in [5.41, 5.74) is 0.307. The van der Waals surface area contributed by atoms with E-state index in [0.29, 0.717) is 42.3 Å². The van der Waals surface area contributed by atoms with Crippen LogP contribution in [0.2, 0.25) is 0 Å². The van der Waals surface area contributed by atoms with Crippen molar-refractivity contribution in [3.8, 4) is 0 Å². The number of nitrogens with zero attached hydrogens (tertiary/aromatic N) is 1. The fourth-order valence-electron chi connectivity index (χ4n) is 9.40. The third kappa shape index (κ3) is 3.57. The molecule has 4 fully saturated rings. The molecule has 0 aromatic heterocycles. The van der Waals surface area contributed by atoms with Crippen molar-refractivity contribution in [2.24, 2.45) is 46.3 Å². The first-order chi connectivity index (χ1) is 15.3. The van der Waals surface area contributed by atoms with E-state index in [9.17, 15) is 5.11 Å². The zero-order chi connectivity index (χ0) is 22.7. The van der Waals surface area contributed by atoms with E-state index in [1.54, 1.807) is 0 Å². The van der Waals surface area contributed by atoms with Crippen LogP contribution in [0.15, 0.2) is 11.8 Å². The van der Waals surface area contributed by atoms with Crippen LogP contribution >= 0.6 is 0 Å². The monoisotopic (exact) mass is 447 g/mol. The van der Waals surface area contributed by atoms with Crippen molar-refractivity contribution in [1.29, 1.82) is 0 Å². The molecule has 0 bridgehead atoms. The number of hydrogen-bond acceptors (Lipinski definition) is 5. The molecule has 0 aromatic carbocycles. The molecule has 5 heteroatoms. The van der Waals surface area contributed by atoms with Crippen molar-refractivity contribution in [2.75, 3.05) is 40.6 Å². The van der Waals surface area contributed by atoms with Gasteiger partial charge in [0.2, 0.25) is 0 Å². The second-order valence-corrected chi connectivity index (χ2v) is 12.3. The topological polar surface area (TPSA) is 51.2 Å². The van der Waals surface area contributed by atoms with Crippen LogP contribution in [-0.4, -0.2) is 62.9 Å². The molecule has 0 amide bonds. The maximum atomic E-state index is 11.8. The molecule has 0 spiro atoms. The molecular formula is C27H45NO4. The first kappa shape index (κ1) is 23.1. The van der Waals surface area contributed by atoms with E-state index >= 15 is 0 Å². The number of allylic oxidation sites excluding steroid dienone is 2. The molecule has 0 aromatic rings. The average molecular weight is 448 g/mol. The number of aliphatic hydroxyl groups is 1. The van der Waals surface area contributed by atoms with E-state index in [1.807, 2.05) is 0 Å². The third-order valence-corrected chi connectivity index (χ3v) is 10.4. The molecule has 1 saturated heterocycles. The number of rotatable bonds is 5. The Morgan fingerprint density at radius 1 is 1.19 bits per heavy atom. The van der Waals surface area contributed by atoms with E-state index in [4.69, 9.17) is 14.2 Å². The van der Waals surface area contributed by atoms with E-state index < -0.39 is 0 Å². The predicted octanol–water partition coefficient (Wildman–Crippen LogP) is 4.31. The van der Waals surface area contributed by atoms with Gasteiger partial charge in [0.1, 0.15) is 6.79 Å². The minimum absolute atomic E-state index is 0.149. The molecule has 1 N–H and O–H groups in total. The Hall–Kier alpha value is -0.620. The fourth-order valence-corrected chi connectivity index (χ4v) is 9.40. The molecule has 3 saturated carbocycles. The summed E-state index contributed by atoms with van der Waals surface area (Å²) >= 11 is 0. The lowest BCUT2D eigenvalue weighted by atomic mass is 9.42. The van der Waals surface area contributed by atoms with Crippen molar-refractivity contribution in [3.63, 3.8) is 0 Å². The van der Waals surface area contributed by atoms with Crippen LogP contribution < -0.4 is 0 Å². The van der Waals surface area contributed by atoms with Crippen LogP contribution in [0.4, 0.5) is 0 Å². The van der Waals surface area contributed by atoms with Gasteiger partial charge in [-0.15, -0.1) is 0 Å². The summed E-state index contributed by atoms with van der Waals surface area (Å²) in [6, 6.07) is 0. The molecule has 32 heavy (non-hydrogen) atoms. The van der Waals surface area contributed by atoms with E-state index in [0.717, 1.165) is 39.0 Å². The van der Waals surface area contributed by atoms with Crippen molar-refractivity contribution in [1.82, 2.24) is 4.90 Å². The van der Waals surface area contributed by atoms with Crippen LogP contribution in [0, 0.1) is 46.3 Å². The number of hydrogen-bond donors (Lipinski definition) is 1. The van der Waals surface area contributed by atoms with Crippen molar-refractivity contribution in [2.45, 2.75) is 71.5 Å². The number of fused-ring (bicyclic) bond motifs is 5. The Balaban J connectivity index is 1.49. The van der Waals surface area contributed by atoms with Gasteiger partial charge in [-0.2, -0.15) is 0 Å². The molecule has 1 heterocycles. The van der Waals surface area contributed by atoms with Gasteiger partial charge in [0, 0.05) is 13.0 Å². The summed E-state index contributed by atoms with van der Waals surface area (Å²) in [5.74, 6) is 4.48. The maximum Gasteiger partial charge on any atom is 0.147 e. The van der Waals surface area contributed by atoms with E-state index in [-0.39, 0.29) is 23.0 Å². The first-order valence-corrected chi connectivity index (χ1v) is 13.1. The Morgan fingerprint density at radius 3 is 2.66 bits per heavy atom. The van der Waals surface area contributed by atoms with Gasteiger partial charge >= 0.3 is 0 Å². The Morgan fingerprint density at radius 2 is 1.97 bits per heavy atom. The van der Waals surface area contributed by atoms with E-state index in [2.05, 4.69) is 45.8 Å². The highest BCUT2D eigenvalue weighted by molar-refractivity contribution is 5.19. The molecule has 5 rings (SSSR count). The summed E-state index contributed by atoms with van der Waals surface area (Å²) in [7, 11) is 4.42. The largest absolute Gasteiger partial charge is 0.499 e. The number of aliphatic hydroxyl groups excluding tert-OH is 1. The summed E-state index contributed by atoms with van der Waals surface area (Å²) < 4.78 is 17.6. The van der Waals surface area contributed by atoms with Crippen LogP contribution in [-0.2, 0) is 14.2 Å². The maximum absolute atomic E-state index is 11.8. The highest BCUT2D eigenvalue weighted by Gasteiger charge is 2.65. The first-order valence-electron chi connectivity index (χ1n) is 13.1. The molecule has 5 aliphatic rings. The van der Waals surface area contributed by atoms with Gasteiger partial charge in [-0.3, -0.25) is 0 Å². The molecule has 1 aliphatic heterocycles. The molecule has 10 atom stereocenters. The highest BCUT2D eigenvalue weighted by Crippen LogP contribution is 2.68. The van der Waals surface area contributed by atoms with Gasteiger partial charge < -0.3 is 24.2 Å². The zero-order valence-electron chi connectivity index (χ0n) is 20.9. The summed E-state index contributed by atoms with van der Waals surface area (Å²) in [6.07, 6.45) is 9.27. The molecule has 4 aliphatic carbocycles. The lowest BCUT2D eigenvalue weighted by Gasteiger charge is -2.63. The summed E-state index contributed by atoms with van der Waals surface area (Å²) in [5, 5.41) is 11.8. The Kier molecular flexibility index (Phi) is 6.18. The Labute approximate surface area is 194 Å². The van der Waals surface area contributed by atoms with Gasteiger partial charge in [-0.1, -0.05) is 13.8 Å². The summed E-state index contributed by atoms with van der Waals surface area (Å²) in [6.45, 7) is 10.1. The van der Waals surface area contributed by atoms with Gasteiger partial charge in [0.15, 0.2) is 0 Å². The molecular weight excluding hydrogens is 402 g/mol. The average Bonchev–Trinajstić information content (AvgIpc) is 3.35. The lowest BCUT2D eigenvalue weighted by Crippen LogP contribution is -2.61. The molecule has 5 nitrogen and oxygen atoms in total. The van der Waals surface area contributed by atoms with Crippen LogP contribution in [0.5, 0.6) is 0 Å². The van der Waals surface area contributed by atoms with Crippen LogP contribution in [0.25, 0.3) is 0 Å². The number of ether oxygens (including phenoxy) is 3.